The highest BCUT2D eigenvalue weighted by Gasteiger charge is 2.18. The minimum atomic E-state index is 0.898. The van der Waals surface area contributed by atoms with E-state index in [2.05, 4.69) is 234 Å². The Morgan fingerprint density at radius 1 is 0.361 bits per heavy atom. The van der Waals surface area contributed by atoms with Crippen molar-refractivity contribution in [2.75, 3.05) is 0 Å². The van der Waals surface area contributed by atoms with E-state index in [1.165, 1.54) is 98.2 Å². The van der Waals surface area contributed by atoms with E-state index in [0.29, 0.717) is 0 Å². The summed E-state index contributed by atoms with van der Waals surface area (Å²) >= 11 is 0. The molecule has 1 aliphatic carbocycles. The molecule has 0 atom stereocenters. The predicted molar refractivity (Wildman–Crippen MR) is 263 cm³/mol. The van der Waals surface area contributed by atoms with Gasteiger partial charge in [0.2, 0.25) is 0 Å². The van der Waals surface area contributed by atoms with E-state index < -0.39 is 0 Å². The summed E-state index contributed by atoms with van der Waals surface area (Å²) < 4.78 is 4.77. The molecular weight excluding hydrogens is 737 g/mol. The number of hydrogen-bond acceptors (Lipinski definition) is 0. The van der Waals surface area contributed by atoms with Crippen LogP contribution in [0.5, 0.6) is 0 Å². The topological polar surface area (TPSA) is 9.86 Å². The van der Waals surface area contributed by atoms with Crippen molar-refractivity contribution in [1.82, 2.24) is 9.13 Å². The molecule has 9 aromatic carbocycles. The van der Waals surface area contributed by atoms with Crippen molar-refractivity contribution in [1.29, 1.82) is 0 Å². The zero-order valence-electron chi connectivity index (χ0n) is 33.6. The van der Waals surface area contributed by atoms with Crippen LogP contribution in [-0.4, -0.2) is 9.13 Å². The number of benzene rings is 9. The molecule has 0 saturated heterocycles. The molecule has 0 unspecified atom stereocenters. The Morgan fingerprint density at radius 2 is 0.885 bits per heavy atom. The summed E-state index contributed by atoms with van der Waals surface area (Å²) in [6.45, 7) is 4.48. The second-order valence-corrected chi connectivity index (χ2v) is 16.1. The van der Waals surface area contributed by atoms with Crippen molar-refractivity contribution in [3.05, 3.63) is 231 Å². The van der Waals surface area contributed by atoms with Gasteiger partial charge in [-0.1, -0.05) is 164 Å². The first-order valence-electron chi connectivity index (χ1n) is 21.1. The van der Waals surface area contributed by atoms with Gasteiger partial charge in [-0.25, -0.2) is 0 Å². The first-order chi connectivity index (χ1) is 30.2. The highest BCUT2D eigenvalue weighted by Crippen LogP contribution is 2.40. The van der Waals surface area contributed by atoms with E-state index in [1.54, 1.807) is 0 Å². The normalized spacial score (nSPS) is 15.9. The molecule has 0 saturated carbocycles. The van der Waals surface area contributed by atoms with Crippen LogP contribution in [-0.2, 0) is 0 Å². The number of nitrogens with zero attached hydrogens (tertiary/aromatic N) is 2. The quantitative estimate of drug-likeness (QED) is 0.158. The van der Waals surface area contributed by atoms with Gasteiger partial charge in [-0.15, -0.1) is 0 Å². The van der Waals surface area contributed by atoms with Crippen molar-refractivity contribution in [2.24, 2.45) is 0 Å². The van der Waals surface area contributed by atoms with Crippen LogP contribution >= 0.6 is 0 Å². The Balaban J connectivity index is 0.925. The summed E-state index contributed by atoms with van der Waals surface area (Å²) in [5.41, 5.74) is 12.7. The van der Waals surface area contributed by atoms with E-state index in [0.717, 1.165) is 23.4 Å². The first kappa shape index (κ1) is 35.0. The van der Waals surface area contributed by atoms with Crippen LogP contribution in [0.4, 0.5) is 0 Å². The smallest absolute Gasteiger partial charge is 0.0541 e. The Bertz CT molecular complexity index is 3730. The number of hydrogen-bond donors (Lipinski definition) is 0. The fourth-order valence-corrected chi connectivity index (χ4v) is 9.71. The second kappa shape index (κ2) is 14.1. The molecule has 2 aromatic heterocycles. The molecule has 0 radical (unpaired) electrons. The van der Waals surface area contributed by atoms with Gasteiger partial charge in [-0.3, -0.25) is 0 Å². The Labute approximate surface area is 354 Å². The van der Waals surface area contributed by atoms with Crippen LogP contribution in [0.3, 0.4) is 0 Å². The summed E-state index contributed by atoms with van der Waals surface area (Å²) in [5.74, 6) is 0. The lowest BCUT2D eigenvalue weighted by Gasteiger charge is -2.13. The number of aromatic nitrogens is 2. The average Bonchev–Trinajstić information content (AvgIpc) is 3.82. The van der Waals surface area contributed by atoms with E-state index >= 15 is 0 Å². The third kappa shape index (κ3) is 5.72. The van der Waals surface area contributed by atoms with Gasteiger partial charge in [0.1, 0.15) is 0 Å². The highest BCUT2D eigenvalue weighted by molar-refractivity contribution is 6.18. The van der Waals surface area contributed by atoms with Crippen molar-refractivity contribution >= 4 is 81.6 Å². The molecule has 2 nitrogen and oxygen atoms in total. The van der Waals surface area contributed by atoms with E-state index in [-0.39, 0.29) is 0 Å². The van der Waals surface area contributed by atoms with E-state index in [4.69, 9.17) is 0 Å². The Hall–Kier alpha value is -7.94. The van der Waals surface area contributed by atoms with Crippen molar-refractivity contribution in [3.8, 4) is 27.9 Å². The summed E-state index contributed by atoms with van der Waals surface area (Å²) in [5, 5.41) is 12.6. The molecule has 12 rings (SSSR count). The molecule has 0 N–H and O–H groups in total. The third-order valence-corrected chi connectivity index (χ3v) is 12.7. The maximum Gasteiger partial charge on any atom is 0.0541 e. The number of allylic oxidation sites excluding steroid dienone is 9. The lowest BCUT2D eigenvalue weighted by molar-refractivity contribution is 1.18. The largest absolute Gasteiger partial charge is 0.309 e. The van der Waals surface area contributed by atoms with Crippen LogP contribution < -0.4 is 0 Å². The van der Waals surface area contributed by atoms with Crippen LogP contribution in [0, 0.1) is 0 Å². The molecule has 61 heavy (non-hydrogen) atoms. The molecular formula is C59H40N2. The van der Waals surface area contributed by atoms with Crippen LogP contribution in [0.2, 0.25) is 0 Å². The first-order valence-corrected chi connectivity index (χ1v) is 21.1. The van der Waals surface area contributed by atoms with Gasteiger partial charge in [0.25, 0.3) is 0 Å². The average molecular weight is 777 g/mol. The Kier molecular flexibility index (Phi) is 8.11. The number of para-hydroxylation sites is 2. The molecule has 1 aliphatic rings. The molecule has 0 bridgehead atoms. The summed E-state index contributed by atoms with van der Waals surface area (Å²) in [6.07, 6.45) is 15.8. The zero-order valence-corrected chi connectivity index (χ0v) is 33.6. The van der Waals surface area contributed by atoms with Crippen LogP contribution in [0.25, 0.3) is 110 Å². The summed E-state index contributed by atoms with van der Waals surface area (Å²) in [7, 11) is 0. The molecule has 0 amide bonds. The lowest BCUT2D eigenvalue weighted by atomic mass is 9.95. The van der Waals surface area contributed by atoms with Crippen LogP contribution in [0.15, 0.2) is 231 Å². The number of fused-ring (bicyclic) bond motifs is 11. The van der Waals surface area contributed by atoms with Gasteiger partial charge in [-0.05, 0) is 127 Å². The standard InChI is InChI=1S/C59H40N2/c1-39-14-6-4-2-3-5-7-19-55(39)61-57-21-13-11-18-52(57)54-38-44(28-35-59(54)61)43-27-34-58-53(37-43)51-17-10-12-20-56(51)60(58)46-29-22-40(23-30-46)42-25-31-48-45(36-42)26-33-49-47-16-9-8-15-41(47)24-32-50(48)49/h2,4-38H,1,3H2/b4-2-,7-5-,14-6-,55-19+. The van der Waals surface area contributed by atoms with Crippen molar-refractivity contribution < 1.29 is 0 Å². The second-order valence-electron chi connectivity index (χ2n) is 16.1. The van der Waals surface area contributed by atoms with Gasteiger partial charge >= 0.3 is 0 Å². The Morgan fingerprint density at radius 3 is 1.62 bits per heavy atom. The molecule has 0 fully saturated rings. The summed E-state index contributed by atoms with van der Waals surface area (Å²) in [6, 6.07) is 65.0. The zero-order chi connectivity index (χ0) is 40.4. The summed E-state index contributed by atoms with van der Waals surface area (Å²) in [4.78, 5) is 0. The maximum absolute atomic E-state index is 4.48. The highest BCUT2D eigenvalue weighted by atomic mass is 15.0. The predicted octanol–water partition coefficient (Wildman–Crippen LogP) is 16.2. The van der Waals surface area contributed by atoms with E-state index in [9.17, 15) is 0 Å². The molecule has 0 spiro atoms. The SMILES string of the molecule is C=C1/C=C\C=C/C/C=C\C=C/1n1c2ccccc2c2cc(-c3ccc4c(c3)c3ccccc3n4-c3ccc(-c4ccc5c(ccc6c7ccccc7ccc56)c4)cc3)ccc21. The van der Waals surface area contributed by atoms with Gasteiger partial charge in [0.05, 0.1) is 27.8 Å². The van der Waals surface area contributed by atoms with Gasteiger partial charge in [0, 0.05) is 27.2 Å². The molecule has 0 aliphatic heterocycles. The van der Waals surface area contributed by atoms with Gasteiger partial charge < -0.3 is 9.13 Å². The third-order valence-electron chi connectivity index (χ3n) is 12.7. The van der Waals surface area contributed by atoms with Crippen molar-refractivity contribution in [2.45, 2.75) is 6.42 Å². The monoisotopic (exact) mass is 776 g/mol. The molecule has 2 heteroatoms. The fourth-order valence-electron chi connectivity index (χ4n) is 9.71. The molecule has 11 aromatic rings. The number of rotatable bonds is 4. The van der Waals surface area contributed by atoms with Crippen molar-refractivity contribution in [3.63, 3.8) is 0 Å². The van der Waals surface area contributed by atoms with Crippen LogP contribution in [0.1, 0.15) is 6.42 Å². The molecule has 2 heterocycles. The van der Waals surface area contributed by atoms with Gasteiger partial charge in [0.15, 0.2) is 0 Å². The molecule has 286 valence electrons. The minimum Gasteiger partial charge on any atom is -0.309 e. The minimum absolute atomic E-state index is 0.898. The maximum atomic E-state index is 4.48. The van der Waals surface area contributed by atoms with Gasteiger partial charge in [-0.2, -0.15) is 0 Å². The lowest BCUT2D eigenvalue weighted by Crippen LogP contribution is -1.98. The fraction of sp³-hybridized carbons (Fsp3) is 0.0169. The van der Waals surface area contributed by atoms with E-state index in [1.807, 2.05) is 0 Å².